The van der Waals surface area contributed by atoms with E-state index in [1.807, 2.05) is 0 Å². The Morgan fingerprint density at radius 2 is 1.85 bits per heavy atom. The molecule has 146 valence electrons. The fourth-order valence-corrected chi connectivity index (χ4v) is 2.85. The van der Waals surface area contributed by atoms with Gasteiger partial charge in [-0.3, -0.25) is 9.69 Å². The van der Waals surface area contributed by atoms with Gasteiger partial charge in [0.25, 0.3) is 5.56 Å². The average molecular weight is 393 g/mol. The van der Waals surface area contributed by atoms with Crippen molar-refractivity contribution in [1.82, 2.24) is 14.9 Å². The summed E-state index contributed by atoms with van der Waals surface area (Å²) >= 11 is 0. The topological polar surface area (TPSA) is 58.2 Å². The van der Waals surface area contributed by atoms with Crippen LogP contribution in [0.25, 0.3) is 0 Å². The first-order valence-electron chi connectivity index (χ1n) is 7.78. The Bertz CT molecular complexity index is 891. The van der Waals surface area contributed by atoms with Crippen molar-refractivity contribution >= 4 is 0 Å². The van der Waals surface area contributed by atoms with Gasteiger partial charge in [0.2, 0.25) is 5.82 Å². The molecule has 2 aromatic rings. The summed E-state index contributed by atoms with van der Waals surface area (Å²) in [7, 11) is 0. The number of aromatic nitrogens is 2. The molecule has 11 heteroatoms. The van der Waals surface area contributed by atoms with Crippen molar-refractivity contribution in [2.45, 2.75) is 32.0 Å². The van der Waals surface area contributed by atoms with Crippen LogP contribution in [0.2, 0.25) is 0 Å². The van der Waals surface area contributed by atoms with E-state index in [0.717, 1.165) is 0 Å². The fraction of sp³-hybridized carbons (Fsp3) is 0.375. The van der Waals surface area contributed by atoms with Crippen LogP contribution in [0.1, 0.15) is 22.6 Å². The summed E-state index contributed by atoms with van der Waals surface area (Å²) in [5.41, 5.74) is -0.544. The lowest BCUT2D eigenvalue weighted by Gasteiger charge is -2.28. The predicted octanol–water partition coefficient (Wildman–Crippen LogP) is 3.25. The molecule has 0 spiro atoms. The Morgan fingerprint density at radius 3 is 2.52 bits per heavy atom. The van der Waals surface area contributed by atoms with E-state index in [4.69, 9.17) is 0 Å². The van der Waals surface area contributed by atoms with E-state index in [9.17, 15) is 31.1 Å². The molecular weight excluding hydrogens is 380 g/mol. The van der Waals surface area contributed by atoms with Crippen LogP contribution in [0.4, 0.5) is 26.3 Å². The molecule has 0 bridgehead atoms. The molecule has 1 aromatic carbocycles. The standard InChI is InChI=1S/C16H13F6N3O2/c17-15(18,19)14-23-11-5-6-25(8-10(11)13(26)24-14)7-9-3-1-2-4-12(9)27-16(20,21)22/h1-4H,5-8H2,(H,23,24,26). The van der Waals surface area contributed by atoms with E-state index in [2.05, 4.69) is 9.72 Å². The number of ether oxygens (including phenoxy) is 1. The number of hydrogen-bond donors (Lipinski definition) is 1. The number of H-pyrrole nitrogens is 1. The molecule has 3 rings (SSSR count). The zero-order chi connectivity index (χ0) is 19.8. The minimum atomic E-state index is -4.85. The number of hydrogen-bond acceptors (Lipinski definition) is 4. The molecule has 0 atom stereocenters. The Hall–Kier alpha value is -2.56. The second kappa shape index (κ2) is 6.87. The maximum Gasteiger partial charge on any atom is 0.573 e. The third-order valence-corrected chi connectivity index (χ3v) is 4.01. The highest BCUT2D eigenvalue weighted by Crippen LogP contribution is 2.29. The number of rotatable bonds is 3. The van der Waals surface area contributed by atoms with Gasteiger partial charge in [0.05, 0.1) is 11.3 Å². The van der Waals surface area contributed by atoms with Gasteiger partial charge < -0.3 is 9.72 Å². The molecule has 1 aliphatic heterocycles. The van der Waals surface area contributed by atoms with E-state index < -0.39 is 23.9 Å². The number of alkyl halides is 6. The van der Waals surface area contributed by atoms with E-state index >= 15 is 0 Å². The Kier molecular flexibility index (Phi) is 4.89. The maximum absolute atomic E-state index is 12.7. The predicted molar refractivity (Wildman–Crippen MR) is 80.8 cm³/mol. The largest absolute Gasteiger partial charge is 0.573 e. The lowest BCUT2D eigenvalue weighted by atomic mass is 10.1. The number of para-hydroxylation sites is 1. The van der Waals surface area contributed by atoms with Gasteiger partial charge in [-0.2, -0.15) is 13.2 Å². The number of benzene rings is 1. The van der Waals surface area contributed by atoms with Gasteiger partial charge in [0.1, 0.15) is 5.75 Å². The molecule has 27 heavy (non-hydrogen) atoms. The molecule has 1 N–H and O–H groups in total. The van der Waals surface area contributed by atoms with Gasteiger partial charge in [0.15, 0.2) is 0 Å². The van der Waals surface area contributed by atoms with Crippen molar-refractivity contribution < 1.29 is 31.1 Å². The van der Waals surface area contributed by atoms with Crippen LogP contribution in [0.5, 0.6) is 5.75 Å². The zero-order valence-corrected chi connectivity index (χ0v) is 13.6. The molecule has 2 heterocycles. The third-order valence-electron chi connectivity index (χ3n) is 4.01. The molecule has 1 aliphatic rings. The normalized spacial score (nSPS) is 15.5. The third kappa shape index (κ3) is 4.59. The summed E-state index contributed by atoms with van der Waals surface area (Å²) in [6, 6.07) is 5.56. The first-order valence-corrected chi connectivity index (χ1v) is 7.78. The molecule has 0 radical (unpaired) electrons. The van der Waals surface area contributed by atoms with Crippen molar-refractivity contribution in [1.29, 1.82) is 0 Å². The van der Waals surface area contributed by atoms with Crippen molar-refractivity contribution in [3.05, 3.63) is 57.3 Å². The van der Waals surface area contributed by atoms with Crippen LogP contribution in [-0.2, 0) is 25.7 Å². The van der Waals surface area contributed by atoms with Crippen molar-refractivity contribution in [2.75, 3.05) is 6.54 Å². The van der Waals surface area contributed by atoms with Gasteiger partial charge in [-0.05, 0) is 6.07 Å². The number of nitrogens with zero attached hydrogens (tertiary/aromatic N) is 2. The zero-order valence-electron chi connectivity index (χ0n) is 13.6. The molecule has 0 unspecified atom stereocenters. The summed E-state index contributed by atoms with van der Waals surface area (Å²) in [6.07, 6.45) is -9.54. The first-order chi connectivity index (χ1) is 12.5. The van der Waals surface area contributed by atoms with Gasteiger partial charge >= 0.3 is 12.5 Å². The highest BCUT2D eigenvalue weighted by Gasteiger charge is 2.36. The molecule has 1 aromatic heterocycles. The minimum absolute atomic E-state index is 0.0316. The Balaban J connectivity index is 1.81. The minimum Gasteiger partial charge on any atom is -0.405 e. The lowest BCUT2D eigenvalue weighted by molar-refractivity contribution is -0.275. The SMILES string of the molecule is O=c1[nH]c(C(F)(F)F)nc2c1CN(Cc1ccccc1OC(F)(F)F)CC2. The molecule has 0 aliphatic carbocycles. The van der Waals surface area contributed by atoms with Crippen molar-refractivity contribution in [2.24, 2.45) is 0 Å². The van der Waals surface area contributed by atoms with Crippen LogP contribution in [0.15, 0.2) is 29.1 Å². The van der Waals surface area contributed by atoms with Crippen LogP contribution >= 0.6 is 0 Å². The van der Waals surface area contributed by atoms with Gasteiger partial charge in [-0.1, -0.05) is 18.2 Å². The smallest absolute Gasteiger partial charge is 0.405 e. The summed E-state index contributed by atoms with van der Waals surface area (Å²) in [5, 5.41) is 0. The molecule has 0 saturated carbocycles. The summed E-state index contributed by atoms with van der Waals surface area (Å²) in [6.45, 7) is 0.239. The second-order valence-corrected chi connectivity index (χ2v) is 5.95. The molecular formula is C16H13F6N3O2. The summed E-state index contributed by atoms with van der Waals surface area (Å²) in [4.78, 5) is 18.8. The number of aromatic amines is 1. The Labute approximate surface area is 148 Å². The van der Waals surface area contributed by atoms with E-state index in [0.29, 0.717) is 0 Å². The second-order valence-electron chi connectivity index (χ2n) is 5.95. The quantitative estimate of drug-likeness (QED) is 0.814. The van der Waals surface area contributed by atoms with Crippen molar-refractivity contribution in [3.8, 4) is 5.75 Å². The van der Waals surface area contributed by atoms with Crippen molar-refractivity contribution in [3.63, 3.8) is 0 Å². The first kappa shape index (κ1) is 19.2. The van der Waals surface area contributed by atoms with Crippen LogP contribution in [0.3, 0.4) is 0 Å². The fourth-order valence-electron chi connectivity index (χ4n) is 2.85. The van der Waals surface area contributed by atoms with Crippen LogP contribution in [-0.4, -0.2) is 27.8 Å². The number of halogens is 6. The van der Waals surface area contributed by atoms with E-state index in [1.54, 1.807) is 16.0 Å². The molecule has 0 fully saturated rings. The highest BCUT2D eigenvalue weighted by atomic mass is 19.4. The molecule has 0 amide bonds. The monoisotopic (exact) mass is 393 g/mol. The maximum atomic E-state index is 12.7. The number of nitrogens with one attached hydrogen (secondary N) is 1. The van der Waals surface area contributed by atoms with E-state index in [1.165, 1.54) is 18.2 Å². The number of fused-ring (bicyclic) bond motifs is 1. The highest BCUT2D eigenvalue weighted by molar-refractivity contribution is 5.34. The van der Waals surface area contributed by atoms with Crippen LogP contribution in [0, 0.1) is 0 Å². The molecule has 5 nitrogen and oxygen atoms in total. The Morgan fingerprint density at radius 1 is 1.15 bits per heavy atom. The molecule has 0 saturated heterocycles. The van der Waals surface area contributed by atoms with E-state index in [-0.39, 0.29) is 48.6 Å². The summed E-state index contributed by atoms with van der Waals surface area (Å²) < 4.78 is 79.7. The van der Waals surface area contributed by atoms with Gasteiger partial charge in [0, 0.05) is 31.6 Å². The van der Waals surface area contributed by atoms with Gasteiger partial charge in [-0.25, -0.2) is 4.98 Å². The average Bonchev–Trinajstić information content (AvgIpc) is 2.55. The van der Waals surface area contributed by atoms with Crippen LogP contribution < -0.4 is 10.3 Å². The lowest BCUT2D eigenvalue weighted by Crippen LogP contribution is -2.36. The van der Waals surface area contributed by atoms with Gasteiger partial charge in [-0.15, -0.1) is 13.2 Å². The summed E-state index contributed by atoms with van der Waals surface area (Å²) in [5.74, 6) is -1.72.